The molecule has 1 fully saturated rings. The Labute approximate surface area is 126 Å². The third-order valence-corrected chi connectivity index (χ3v) is 4.12. The summed E-state index contributed by atoms with van der Waals surface area (Å²) in [6.07, 6.45) is 1.15. The summed E-state index contributed by atoms with van der Waals surface area (Å²) < 4.78 is 5.73. The second-order valence-corrected chi connectivity index (χ2v) is 5.76. The Bertz CT molecular complexity index is 559. The molecule has 0 aliphatic carbocycles. The van der Waals surface area contributed by atoms with Gasteiger partial charge in [0.05, 0.1) is 12.2 Å². The van der Waals surface area contributed by atoms with Crippen LogP contribution in [0.3, 0.4) is 0 Å². The Morgan fingerprint density at radius 1 is 1.29 bits per heavy atom. The molecule has 1 aromatic carbocycles. The molecule has 0 radical (unpaired) electrons. The molecule has 21 heavy (non-hydrogen) atoms. The molecular formula is C17H23N3O. The minimum absolute atomic E-state index is 0.380. The van der Waals surface area contributed by atoms with Crippen molar-refractivity contribution in [2.75, 3.05) is 19.6 Å². The molecule has 3 rings (SSSR count). The Balaban J connectivity index is 1.70. The molecule has 0 spiro atoms. The van der Waals surface area contributed by atoms with Crippen LogP contribution in [0, 0.1) is 13.8 Å². The number of rotatable bonds is 3. The van der Waals surface area contributed by atoms with E-state index in [1.165, 1.54) is 5.56 Å². The Hall–Kier alpha value is -1.65. The van der Waals surface area contributed by atoms with Crippen LogP contribution in [0.2, 0.25) is 0 Å². The molecule has 0 saturated carbocycles. The van der Waals surface area contributed by atoms with Crippen molar-refractivity contribution in [3.05, 3.63) is 53.2 Å². The summed E-state index contributed by atoms with van der Waals surface area (Å²) in [5.41, 5.74) is 2.35. The van der Waals surface area contributed by atoms with Crippen LogP contribution in [0.5, 0.6) is 0 Å². The smallest absolute Gasteiger partial charge is 0.208 e. The van der Waals surface area contributed by atoms with Gasteiger partial charge in [0.2, 0.25) is 5.89 Å². The van der Waals surface area contributed by atoms with Crippen LogP contribution in [0.1, 0.15) is 35.4 Å². The maximum atomic E-state index is 5.73. The van der Waals surface area contributed by atoms with Gasteiger partial charge < -0.3 is 9.73 Å². The molecule has 1 aliphatic heterocycles. The van der Waals surface area contributed by atoms with E-state index in [1.54, 1.807) is 0 Å². The molecule has 112 valence electrons. The van der Waals surface area contributed by atoms with Crippen molar-refractivity contribution in [1.29, 1.82) is 0 Å². The maximum absolute atomic E-state index is 5.73. The molecule has 4 nitrogen and oxygen atoms in total. The number of aryl methyl sites for hydroxylation is 2. The van der Waals surface area contributed by atoms with Crippen molar-refractivity contribution < 1.29 is 4.42 Å². The van der Waals surface area contributed by atoms with Crippen LogP contribution >= 0.6 is 0 Å². The first kappa shape index (κ1) is 14.3. The van der Waals surface area contributed by atoms with Gasteiger partial charge in [-0.1, -0.05) is 30.3 Å². The van der Waals surface area contributed by atoms with Gasteiger partial charge in [-0.25, -0.2) is 4.98 Å². The van der Waals surface area contributed by atoms with E-state index in [4.69, 9.17) is 4.42 Å². The first-order valence-corrected chi connectivity index (χ1v) is 7.66. The van der Waals surface area contributed by atoms with Crippen LogP contribution in [-0.2, 0) is 6.54 Å². The molecule has 0 bridgehead atoms. The zero-order chi connectivity index (χ0) is 14.7. The molecule has 2 heterocycles. The van der Waals surface area contributed by atoms with Crippen LogP contribution in [0.25, 0.3) is 0 Å². The minimum atomic E-state index is 0.380. The van der Waals surface area contributed by atoms with Crippen molar-refractivity contribution in [1.82, 2.24) is 15.2 Å². The summed E-state index contributed by atoms with van der Waals surface area (Å²) in [7, 11) is 0. The van der Waals surface area contributed by atoms with Gasteiger partial charge in [0.25, 0.3) is 0 Å². The van der Waals surface area contributed by atoms with E-state index in [0.29, 0.717) is 6.04 Å². The molecule has 1 aliphatic rings. The molecule has 4 heteroatoms. The number of nitrogens with one attached hydrogen (secondary N) is 1. The highest BCUT2D eigenvalue weighted by Crippen LogP contribution is 2.19. The van der Waals surface area contributed by atoms with E-state index in [2.05, 4.69) is 45.5 Å². The van der Waals surface area contributed by atoms with E-state index in [9.17, 15) is 0 Å². The minimum Gasteiger partial charge on any atom is -0.444 e. The molecule has 1 N–H and O–H groups in total. The van der Waals surface area contributed by atoms with E-state index < -0.39 is 0 Å². The van der Waals surface area contributed by atoms with Gasteiger partial charge in [0.15, 0.2) is 0 Å². The fraction of sp³-hybridized carbons (Fsp3) is 0.471. The Kier molecular flexibility index (Phi) is 4.36. The first-order valence-electron chi connectivity index (χ1n) is 7.66. The van der Waals surface area contributed by atoms with Crippen molar-refractivity contribution in [2.24, 2.45) is 0 Å². The number of hydrogen-bond acceptors (Lipinski definition) is 4. The topological polar surface area (TPSA) is 41.3 Å². The third-order valence-electron chi connectivity index (χ3n) is 4.12. The third kappa shape index (κ3) is 3.52. The number of hydrogen-bond donors (Lipinski definition) is 1. The summed E-state index contributed by atoms with van der Waals surface area (Å²) >= 11 is 0. The van der Waals surface area contributed by atoms with Crippen molar-refractivity contribution >= 4 is 0 Å². The summed E-state index contributed by atoms with van der Waals surface area (Å²) in [5, 5.41) is 3.64. The van der Waals surface area contributed by atoms with E-state index in [-0.39, 0.29) is 0 Å². The molecule has 0 amide bonds. The predicted molar refractivity (Wildman–Crippen MR) is 83.1 cm³/mol. The van der Waals surface area contributed by atoms with Crippen molar-refractivity contribution in [2.45, 2.75) is 32.9 Å². The lowest BCUT2D eigenvalue weighted by molar-refractivity contribution is 0.234. The van der Waals surface area contributed by atoms with Gasteiger partial charge in [0, 0.05) is 12.6 Å². The summed E-state index contributed by atoms with van der Waals surface area (Å²) in [5.74, 6) is 1.76. The van der Waals surface area contributed by atoms with Crippen molar-refractivity contribution in [3.8, 4) is 0 Å². The Morgan fingerprint density at radius 3 is 2.81 bits per heavy atom. The van der Waals surface area contributed by atoms with Gasteiger partial charge in [-0.2, -0.15) is 0 Å². The summed E-state index contributed by atoms with van der Waals surface area (Å²) in [4.78, 5) is 6.94. The summed E-state index contributed by atoms with van der Waals surface area (Å²) in [6.45, 7) is 7.89. The van der Waals surface area contributed by atoms with Gasteiger partial charge in [-0.3, -0.25) is 4.90 Å². The van der Waals surface area contributed by atoms with Gasteiger partial charge >= 0.3 is 0 Å². The Morgan fingerprint density at radius 2 is 2.10 bits per heavy atom. The highest BCUT2D eigenvalue weighted by Gasteiger charge is 2.20. The number of aromatic nitrogens is 1. The lowest BCUT2D eigenvalue weighted by atomic mass is 10.1. The molecule has 1 saturated heterocycles. The highest BCUT2D eigenvalue weighted by atomic mass is 16.4. The second kappa shape index (κ2) is 6.41. The molecule has 1 atom stereocenters. The largest absolute Gasteiger partial charge is 0.444 e. The monoisotopic (exact) mass is 285 g/mol. The fourth-order valence-electron chi connectivity index (χ4n) is 2.84. The van der Waals surface area contributed by atoms with Gasteiger partial charge in [-0.15, -0.1) is 0 Å². The van der Waals surface area contributed by atoms with E-state index >= 15 is 0 Å². The number of benzene rings is 1. The molecule has 1 aromatic heterocycles. The number of nitrogens with zero attached hydrogens (tertiary/aromatic N) is 2. The molecular weight excluding hydrogens is 262 g/mol. The van der Waals surface area contributed by atoms with Crippen LogP contribution in [0.4, 0.5) is 0 Å². The van der Waals surface area contributed by atoms with Gasteiger partial charge in [-0.05, 0) is 38.9 Å². The lowest BCUT2D eigenvalue weighted by Gasteiger charge is -2.23. The fourth-order valence-corrected chi connectivity index (χ4v) is 2.84. The zero-order valence-corrected chi connectivity index (χ0v) is 12.8. The number of oxazole rings is 1. The normalized spacial score (nSPS) is 20.4. The lowest BCUT2D eigenvalue weighted by Crippen LogP contribution is -2.31. The molecule has 2 aromatic rings. The standard InChI is InChI=1S/C17H23N3O/c1-13-14(2)21-17(19-13)12-20-10-6-9-18-16(11-20)15-7-4-3-5-8-15/h3-5,7-8,16,18H,6,9-12H2,1-2H3. The SMILES string of the molecule is Cc1nc(CN2CCCNC(c3ccccc3)C2)oc1C. The van der Waals surface area contributed by atoms with Crippen LogP contribution < -0.4 is 5.32 Å². The summed E-state index contributed by atoms with van der Waals surface area (Å²) in [6, 6.07) is 11.0. The maximum Gasteiger partial charge on any atom is 0.208 e. The van der Waals surface area contributed by atoms with Gasteiger partial charge in [0.1, 0.15) is 5.76 Å². The molecule has 1 unspecified atom stereocenters. The first-order chi connectivity index (χ1) is 10.2. The average Bonchev–Trinajstić information content (AvgIpc) is 2.68. The van der Waals surface area contributed by atoms with Crippen LogP contribution in [-0.4, -0.2) is 29.5 Å². The van der Waals surface area contributed by atoms with Crippen LogP contribution in [0.15, 0.2) is 34.7 Å². The predicted octanol–water partition coefficient (Wildman–Crippen LogP) is 2.83. The van der Waals surface area contributed by atoms with E-state index in [0.717, 1.165) is 49.9 Å². The second-order valence-electron chi connectivity index (χ2n) is 5.76. The zero-order valence-electron chi connectivity index (χ0n) is 12.8. The van der Waals surface area contributed by atoms with Crippen molar-refractivity contribution in [3.63, 3.8) is 0 Å². The van der Waals surface area contributed by atoms with E-state index in [1.807, 2.05) is 13.8 Å². The quantitative estimate of drug-likeness (QED) is 0.941. The average molecular weight is 285 g/mol. The highest BCUT2D eigenvalue weighted by molar-refractivity contribution is 5.19.